The summed E-state index contributed by atoms with van der Waals surface area (Å²) < 4.78 is 5.39. The van der Waals surface area contributed by atoms with Crippen molar-refractivity contribution in [1.29, 1.82) is 0 Å². The van der Waals surface area contributed by atoms with Crippen LogP contribution in [0.4, 0.5) is 0 Å². The van der Waals surface area contributed by atoms with Crippen LogP contribution in [0.15, 0.2) is 18.2 Å². The van der Waals surface area contributed by atoms with Crippen LogP contribution >= 0.6 is 11.6 Å². The maximum absolute atomic E-state index is 11.8. The Hall–Kier alpha value is -1.26. The van der Waals surface area contributed by atoms with E-state index in [4.69, 9.17) is 21.4 Å². The lowest BCUT2D eigenvalue weighted by Gasteiger charge is -2.23. The van der Waals surface area contributed by atoms with E-state index in [1.165, 1.54) is 4.90 Å². The van der Waals surface area contributed by atoms with Gasteiger partial charge in [0.25, 0.3) is 5.91 Å². The highest BCUT2D eigenvalue weighted by Gasteiger charge is 2.15. The molecule has 5 heteroatoms. The molecule has 0 aliphatic carbocycles. The molecule has 0 aromatic heterocycles. The van der Waals surface area contributed by atoms with Gasteiger partial charge in [-0.05, 0) is 31.5 Å². The molecule has 0 aliphatic heterocycles. The van der Waals surface area contributed by atoms with Crippen molar-refractivity contribution in [2.75, 3.05) is 20.3 Å². The average molecular weight is 272 g/mol. The second-order valence-electron chi connectivity index (χ2n) is 4.26. The first-order valence-corrected chi connectivity index (χ1v) is 6.09. The fourth-order valence-corrected chi connectivity index (χ4v) is 1.50. The molecule has 0 radical (unpaired) electrons. The molecule has 0 spiro atoms. The highest BCUT2D eigenvalue weighted by atomic mass is 35.5. The summed E-state index contributed by atoms with van der Waals surface area (Å²) in [6.45, 7) is 3.51. The first-order valence-electron chi connectivity index (χ1n) is 5.71. The van der Waals surface area contributed by atoms with E-state index in [9.17, 15) is 4.79 Å². The summed E-state index contributed by atoms with van der Waals surface area (Å²) in [5, 5.41) is 9.44. The van der Waals surface area contributed by atoms with Crippen LogP contribution in [0.1, 0.15) is 12.5 Å². The Morgan fingerprint density at radius 3 is 2.83 bits per heavy atom. The van der Waals surface area contributed by atoms with Crippen molar-refractivity contribution in [3.05, 3.63) is 28.8 Å². The molecule has 1 aromatic carbocycles. The van der Waals surface area contributed by atoms with Crippen LogP contribution in [-0.4, -0.2) is 42.2 Å². The molecule has 0 saturated carbocycles. The topological polar surface area (TPSA) is 49.8 Å². The van der Waals surface area contributed by atoms with Gasteiger partial charge in [-0.2, -0.15) is 0 Å². The van der Waals surface area contributed by atoms with Crippen molar-refractivity contribution in [2.24, 2.45) is 0 Å². The molecular formula is C13H18ClNO3. The predicted octanol–water partition coefficient (Wildman–Crippen LogP) is 1.87. The Morgan fingerprint density at radius 2 is 2.22 bits per heavy atom. The van der Waals surface area contributed by atoms with E-state index < -0.39 is 0 Å². The maximum atomic E-state index is 11.8. The Kier molecular flexibility index (Phi) is 5.44. The summed E-state index contributed by atoms with van der Waals surface area (Å²) in [5.74, 6) is 0.296. The molecule has 18 heavy (non-hydrogen) atoms. The maximum Gasteiger partial charge on any atom is 0.260 e. The van der Waals surface area contributed by atoms with E-state index in [-0.39, 0.29) is 25.2 Å². The molecule has 1 aromatic rings. The van der Waals surface area contributed by atoms with Gasteiger partial charge in [0.1, 0.15) is 5.75 Å². The van der Waals surface area contributed by atoms with Gasteiger partial charge in [0.15, 0.2) is 6.61 Å². The number of halogens is 1. The number of carbonyl (C=O) groups excluding carboxylic acids is 1. The average Bonchev–Trinajstić information content (AvgIpc) is 2.37. The van der Waals surface area contributed by atoms with Gasteiger partial charge < -0.3 is 14.7 Å². The number of likely N-dealkylation sites (N-methyl/N-ethyl adjacent to an activating group) is 1. The number of ether oxygens (including phenoxy) is 1. The predicted molar refractivity (Wildman–Crippen MR) is 71.0 cm³/mol. The number of aliphatic hydroxyl groups excluding tert-OH is 1. The van der Waals surface area contributed by atoms with E-state index in [1.807, 2.05) is 13.0 Å². The third kappa shape index (κ3) is 3.89. The zero-order chi connectivity index (χ0) is 13.7. The van der Waals surface area contributed by atoms with Gasteiger partial charge in [-0.1, -0.05) is 17.7 Å². The minimum Gasteiger partial charge on any atom is -0.482 e. The summed E-state index contributed by atoms with van der Waals surface area (Å²) in [5.41, 5.74) is 1.01. The van der Waals surface area contributed by atoms with Crippen molar-refractivity contribution < 1.29 is 14.6 Å². The number of benzene rings is 1. The summed E-state index contributed by atoms with van der Waals surface area (Å²) >= 11 is 5.96. The minimum absolute atomic E-state index is 0.0760. The minimum atomic E-state index is -0.228. The van der Waals surface area contributed by atoms with E-state index in [1.54, 1.807) is 26.1 Å². The highest BCUT2D eigenvalue weighted by molar-refractivity contribution is 6.32. The van der Waals surface area contributed by atoms with Crippen LogP contribution in [-0.2, 0) is 4.79 Å². The van der Waals surface area contributed by atoms with Crippen molar-refractivity contribution >= 4 is 17.5 Å². The van der Waals surface area contributed by atoms with E-state index >= 15 is 0 Å². The first kappa shape index (κ1) is 14.8. The van der Waals surface area contributed by atoms with E-state index in [2.05, 4.69) is 0 Å². The van der Waals surface area contributed by atoms with Crippen LogP contribution in [0.5, 0.6) is 5.75 Å². The van der Waals surface area contributed by atoms with Gasteiger partial charge in [-0.25, -0.2) is 0 Å². The van der Waals surface area contributed by atoms with E-state index in [0.717, 1.165) is 5.56 Å². The SMILES string of the molecule is Cc1ccc(Cl)c(OCC(=O)N(C)C(C)CO)c1. The first-order chi connectivity index (χ1) is 8.45. The van der Waals surface area contributed by atoms with Crippen molar-refractivity contribution in [3.63, 3.8) is 0 Å². The number of aliphatic hydroxyl groups is 1. The molecule has 1 N–H and O–H groups in total. The molecule has 0 heterocycles. The Labute approximate surface area is 112 Å². The Balaban J connectivity index is 2.60. The fraction of sp³-hybridized carbons (Fsp3) is 0.462. The fourth-order valence-electron chi connectivity index (χ4n) is 1.33. The number of carbonyl (C=O) groups is 1. The molecule has 0 fully saturated rings. The van der Waals surface area contributed by atoms with E-state index in [0.29, 0.717) is 10.8 Å². The summed E-state index contributed by atoms with van der Waals surface area (Å²) in [6.07, 6.45) is 0. The number of nitrogens with zero attached hydrogens (tertiary/aromatic N) is 1. The van der Waals surface area contributed by atoms with Crippen molar-refractivity contribution in [2.45, 2.75) is 19.9 Å². The molecule has 1 atom stereocenters. The molecular weight excluding hydrogens is 254 g/mol. The molecule has 1 unspecified atom stereocenters. The highest BCUT2D eigenvalue weighted by Crippen LogP contribution is 2.25. The molecule has 0 bridgehead atoms. The zero-order valence-electron chi connectivity index (χ0n) is 10.8. The third-order valence-electron chi connectivity index (χ3n) is 2.76. The Bertz CT molecular complexity index is 423. The number of aryl methyl sites for hydroxylation is 1. The molecule has 1 amide bonds. The van der Waals surface area contributed by atoms with Crippen LogP contribution in [0.25, 0.3) is 0 Å². The van der Waals surface area contributed by atoms with Crippen LogP contribution in [0.2, 0.25) is 5.02 Å². The van der Waals surface area contributed by atoms with Gasteiger partial charge in [0.2, 0.25) is 0 Å². The smallest absolute Gasteiger partial charge is 0.260 e. The second kappa shape index (κ2) is 6.61. The molecule has 4 nitrogen and oxygen atoms in total. The van der Waals surface area contributed by atoms with Crippen LogP contribution < -0.4 is 4.74 Å². The quantitative estimate of drug-likeness (QED) is 0.889. The van der Waals surface area contributed by atoms with Crippen molar-refractivity contribution in [1.82, 2.24) is 4.90 Å². The normalized spacial score (nSPS) is 12.1. The lowest BCUT2D eigenvalue weighted by molar-refractivity contribution is -0.134. The summed E-state index contributed by atoms with van der Waals surface area (Å²) in [6, 6.07) is 5.16. The largest absolute Gasteiger partial charge is 0.482 e. The van der Waals surface area contributed by atoms with Gasteiger partial charge >= 0.3 is 0 Å². The van der Waals surface area contributed by atoms with Crippen molar-refractivity contribution in [3.8, 4) is 5.75 Å². The number of hydrogen-bond acceptors (Lipinski definition) is 3. The molecule has 1 rings (SSSR count). The third-order valence-corrected chi connectivity index (χ3v) is 3.07. The molecule has 0 saturated heterocycles. The van der Waals surface area contributed by atoms with Gasteiger partial charge in [0, 0.05) is 7.05 Å². The summed E-state index contributed by atoms with van der Waals surface area (Å²) in [7, 11) is 1.63. The Morgan fingerprint density at radius 1 is 1.56 bits per heavy atom. The number of rotatable bonds is 5. The van der Waals surface area contributed by atoms with Gasteiger partial charge in [-0.3, -0.25) is 4.79 Å². The standard InChI is InChI=1S/C13H18ClNO3/c1-9-4-5-11(14)12(6-9)18-8-13(17)15(3)10(2)7-16/h4-6,10,16H,7-8H2,1-3H3. The monoisotopic (exact) mass is 271 g/mol. The van der Waals surface area contributed by atoms with Crippen LogP contribution in [0.3, 0.4) is 0 Å². The summed E-state index contributed by atoms with van der Waals surface area (Å²) in [4.78, 5) is 13.2. The zero-order valence-corrected chi connectivity index (χ0v) is 11.6. The molecule has 100 valence electrons. The second-order valence-corrected chi connectivity index (χ2v) is 4.67. The lowest BCUT2D eigenvalue weighted by Crippen LogP contribution is -2.40. The van der Waals surface area contributed by atoms with Gasteiger partial charge in [0.05, 0.1) is 17.7 Å². The number of amides is 1. The lowest BCUT2D eigenvalue weighted by atomic mass is 10.2. The molecule has 0 aliphatic rings. The van der Waals surface area contributed by atoms with Crippen LogP contribution in [0, 0.1) is 6.92 Å². The van der Waals surface area contributed by atoms with Gasteiger partial charge in [-0.15, -0.1) is 0 Å². The number of hydrogen-bond donors (Lipinski definition) is 1.